The van der Waals surface area contributed by atoms with Crippen molar-refractivity contribution in [3.8, 4) is 0 Å². The van der Waals surface area contributed by atoms with Gasteiger partial charge in [0.05, 0.1) is 4.92 Å². The van der Waals surface area contributed by atoms with Crippen molar-refractivity contribution in [3.63, 3.8) is 0 Å². The number of hydrogen-bond acceptors (Lipinski definition) is 6. The molecular formula is C12H13N3O5. The lowest BCUT2D eigenvalue weighted by molar-refractivity contribution is -0.385. The molecule has 1 aliphatic carbocycles. The minimum absolute atomic E-state index is 0.0993. The van der Waals surface area contributed by atoms with Crippen molar-refractivity contribution in [2.45, 2.75) is 19.8 Å². The highest BCUT2D eigenvalue weighted by atomic mass is 16.6. The SMILES string of the molecule is CC1CC(=O)C(C(=O)c2nn(C)cc2[N+](=O)[O-])C(=O)C1. The van der Waals surface area contributed by atoms with Gasteiger partial charge in [-0.3, -0.25) is 29.2 Å². The zero-order chi connectivity index (χ0) is 15.0. The van der Waals surface area contributed by atoms with Crippen LogP contribution in [0.5, 0.6) is 0 Å². The molecule has 2 rings (SSSR count). The fourth-order valence-corrected chi connectivity index (χ4v) is 2.39. The van der Waals surface area contributed by atoms with Crippen LogP contribution in [0.25, 0.3) is 0 Å². The normalized spacial score (nSPS) is 22.9. The summed E-state index contributed by atoms with van der Waals surface area (Å²) in [5.41, 5.74) is -0.921. The molecule has 0 aromatic carbocycles. The number of aromatic nitrogens is 2. The van der Waals surface area contributed by atoms with E-state index in [1.54, 1.807) is 6.92 Å². The van der Waals surface area contributed by atoms with Gasteiger partial charge in [-0.05, 0) is 5.92 Å². The highest BCUT2D eigenvalue weighted by molar-refractivity contribution is 6.25. The molecule has 0 N–H and O–H groups in total. The van der Waals surface area contributed by atoms with Crippen LogP contribution in [0.3, 0.4) is 0 Å². The Morgan fingerprint density at radius 2 is 1.95 bits per heavy atom. The van der Waals surface area contributed by atoms with Gasteiger partial charge < -0.3 is 0 Å². The van der Waals surface area contributed by atoms with Crippen molar-refractivity contribution in [3.05, 3.63) is 22.0 Å². The molecule has 0 amide bonds. The molecule has 1 aromatic heterocycles. The third-order valence-electron chi connectivity index (χ3n) is 3.24. The summed E-state index contributed by atoms with van der Waals surface area (Å²) in [5.74, 6) is -3.39. The fraction of sp³-hybridized carbons (Fsp3) is 0.500. The van der Waals surface area contributed by atoms with Gasteiger partial charge in [0.1, 0.15) is 12.1 Å². The van der Waals surface area contributed by atoms with E-state index in [9.17, 15) is 24.5 Å². The van der Waals surface area contributed by atoms with Crippen molar-refractivity contribution >= 4 is 23.0 Å². The quantitative estimate of drug-likeness (QED) is 0.348. The van der Waals surface area contributed by atoms with E-state index in [0.717, 1.165) is 10.9 Å². The maximum atomic E-state index is 12.2. The summed E-state index contributed by atoms with van der Waals surface area (Å²) in [6, 6.07) is 0. The van der Waals surface area contributed by atoms with Gasteiger partial charge in [0.25, 0.3) is 0 Å². The first-order chi connectivity index (χ1) is 9.31. The molecule has 1 heterocycles. The molecule has 0 radical (unpaired) electrons. The van der Waals surface area contributed by atoms with Crippen LogP contribution in [0.15, 0.2) is 6.20 Å². The highest BCUT2D eigenvalue weighted by Crippen LogP contribution is 2.28. The van der Waals surface area contributed by atoms with Crippen molar-refractivity contribution in [2.75, 3.05) is 0 Å². The lowest BCUT2D eigenvalue weighted by Gasteiger charge is -2.21. The molecular weight excluding hydrogens is 266 g/mol. The van der Waals surface area contributed by atoms with Gasteiger partial charge in [-0.1, -0.05) is 6.92 Å². The Kier molecular flexibility index (Phi) is 3.47. The van der Waals surface area contributed by atoms with Gasteiger partial charge in [-0.15, -0.1) is 0 Å². The average molecular weight is 279 g/mol. The summed E-state index contributed by atoms with van der Waals surface area (Å²) in [5, 5.41) is 14.6. The summed E-state index contributed by atoms with van der Waals surface area (Å²) in [6.45, 7) is 1.75. The van der Waals surface area contributed by atoms with E-state index in [2.05, 4.69) is 5.10 Å². The third-order valence-corrected chi connectivity index (χ3v) is 3.24. The van der Waals surface area contributed by atoms with Crippen molar-refractivity contribution in [1.29, 1.82) is 0 Å². The number of nitro groups is 1. The predicted octanol–water partition coefficient (Wildman–Crippen LogP) is 0.695. The Hall–Kier alpha value is -2.38. The van der Waals surface area contributed by atoms with Crippen LogP contribution < -0.4 is 0 Å². The summed E-state index contributed by atoms with van der Waals surface area (Å²) >= 11 is 0. The lowest BCUT2D eigenvalue weighted by atomic mass is 9.78. The Balaban J connectivity index is 2.39. The zero-order valence-corrected chi connectivity index (χ0v) is 11.0. The molecule has 0 atom stereocenters. The van der Waals surface area contributed by atoms with Gasteiger partial charge in [-0.2, -0.15) is 5.10 Å². The van der Waals surface area contributed by atoms with E-state index >= 15 is 0 Å². The number of rotatable bonds is 3. The molecule has 0 unspecified atom stereocenters. The maximum Gasteiger partial charge on any atom is 0.318 e. The van der Waals surface area contributed by atoms with Crippen LogP contribution >= 0.6 is 0 Å². The zero-order valence-electron chi connectivity index (χ0n) is 11.0. The number of nitrogens with zero attached hydrogens (tertiary/aromatic N) is 3. The number of aryl methyl sites for hydroxylation is 1. The molecule has 1 aromatic rings. The topological polar surface area (TPSA) is 112 Å². The van der Waals surface area contributed by atoms with Crippen LogP contribution in [0.1, 0.15) is 30.3 Å². The van der Waals surface area contributed by atoms with Gasteiger partial charge >= 0.3 is 5.69 Å². The Bertz CT molecular complexity index is 601. The molecule has 1 aliphatic rings. The van der Waals surface area contributed by atoms with Gasteiger partial charge in [0, 0.05) is 19.9 Å². The lowest BCUT2D eigenvalue weighted by Crippen LogP contribution is -2.38. The number of Topliss-reactive ketones (excluding diaryl/α,β-unsaturated/α-hetero) is 3. The van der Waals surface area contributed by atoms with Gasteiger partial charge in [-0.25, -0.2) is 0 Å². The number of carbonyl (C=O) groups excluding carboxylic acids is 3. The van der Waals surface area contributed by atoms with E-state index < -0.39 is 39.6 Å². The Labute approximate surface area is 113 Å². The van der Waals surface area contributed by atoms with E-state index in [0.29, 0.717) is 0 Å². The molecule has 0 spiro atoms. The van der Waals surface area contributed by atoms with Gasteiger partial charge in [0.15, 0.2) is 11.6 Å². The van der Waals surface area contributed by atoms with Crippen molar-refractivity contribution < 1.29 is 19.3 Å². The van der Waals surface area contributed by atoms with E-state index in [1.165, 1.54) is 7.05 Å². The molecule has 1 fully saturated rings. The van der Waals surface area contributed by atoms with Crippen molar-refractivity contribution in [1.82, 2.24) is 9.78 Å². The molecule has 8 nitrogen and oxygen atoms in total. The number of hydrogen-bond donors (Lipinski definition) is 0. The van der Waals surface area contributed by atoms with Crippen LogP contribution in [0, 0.1) is 22.0 Å². The first-order valence-corrected chi connectivity index (χ1v) is 6.09. The average Bonchev–Trinajstić information content (AvgIpc) is 2.70. The standard InChI is InChI=1S/C12H13N3O5/c1-6-3-8(16)10(9(17)4-6)12(18)11-7(15(19)20)5-14(2)13-11/h5-6,10H,3-4H2,1-2H3. The molecule has 8 heteroatoms. The summed E-state index contributed by atoms with van der Waals surface area (Å²) in [4.78, 5) is 46.1. The second-order valence-electron chi connectivity index (χ2n) is 5.04. The smallest absolute Gasteiger partial charge is 0.298 e. The van der Waals surface area contributed by atoms with E-state index in [-0.39, 0.29) is 18.8 Å². The maximum absolute atomic E-state index is 12.2. The minimum atomic E-state index is -1.44. The first-order valence-electron chi connectivity index (χ1n) is 6.09. The summed E-state index contributed by atoms with van der Waals surface area (Å²) < 4.78 is 1.12. The van der Waals surface area contributed by atoms with E-state index in [1.807, 2.05) is 0 Å². The Morgan fingerprint density at radius 1 is 1.40 bits per heavy atom. The number of carbonyl (C=O) groups is 3. The predicted molar refractivity (Wildman–Crippen MR) is 66.1 cm³/mol. The van der Waals surface area contributed by atoms with E-state index in [4.69, 9.17) is 0 Å². The fourth-order valence-electron chi connectivity index (χ4n) is 2.39. The molecule has 20 heavy (non-hydrogen) atoms. The second-order valence-corrected chi connectivity index (χ2v) is 5.04. The monoisotopic (exact) mass is 279 g/mol. The summed E-state index contributed by atoms with van der Waals surface area (Å²) in [6.07, 6.45) is 1.33. The largest absolute Gasteiger partial charge is 0.318 e. The Morgan fingerprint density at radius 3 is 2.45 bits per heavy atom. The third kappa shape index (κ3) is 2.36. The molecule has 1 saturated carbocycles. The van der Waals surface area contributed by atoms with Crippen molar-refractivity contribution in [2.24, 2.45) is 18.9 Å². The molecule has 0 aliphatic heterocycles. The van der Waals surface area contributed by atoms with Gasteiger partial charge in [0.2, 0.25) is 11.5 Å². The first kappa shape index (κ1) is 14.0. The molecule has 0 bridgehead atoms. The molecule has 106 valence electrons. The molecule has 0 saturated heterocycles. The second kappa shape index (κ2) is 4.95. The minimum Gasteiger partial charge on any atom is -0.298 e. The van der Waals surface area contributed by atoms with Crippen LogP contribution in [-0.2, 0) is 16.6 Å². The van der Waals surface area contributed by atoms with Crippen LogP contribution in [0.2, 0.25) is 0 Å². The highest BCUT2D eigenvalue weighted by Gasteiger charge is 2.42. The van der Waals surface area contributed by atoms with Crippen LogP contribution in [-0.4, -0.2) is 32.1 Å². The summed E-state index contributed by atoms with van der Waals surface area (Å²) in [7, 11) is 1.43. The number of ketones is 3. The van der Waals surface area contributed by atoms with Crippen LogP contribution in [0.4, 0.5) is 5.69 Å².